The molecule has 57 heavy (non-hydrogen) atoms. The zero-order valence-electron chi connectivity index (χ0n) is 31.7. The molecule has 0 unspecified atom stereocenters. The molecule has 0 spiro atoms. The molecule has 0 bridgehead atoms. The summed E-state index contributed by atoms with van der Waals surface area (Å²) >= 11 is 0. The number of hydrogen-bond acceptors (Lipinski definition) is 10. The SMILES string of the molecule is CCOC(=O)c1cn2nccc(Oc3ccc4c(C(=O)NCCc5cc6c(F)c(Oc7ccnn8cc(C(=O)OCC)c(C)c78)ccc6[nH]5)c(C)oc4c3)c2c1C. The summed E-state index contributed by atoms with van der Waals surface area (Å²) in [5.41, 5.74) is 5.29. The van der Waals surface area contributed by atoms with Gasteiger partial charge in [0.25, 0.3) is 5.91 Å². The largest absolute Gasteiger partial charge is 0.462 e. The molecule has 0 aliphatic carbocycles. The van der Waals surface area contributed by atoms with Gasteiger partial charge in [0.1, 0.15) is 28.1 Å². The zero-order chi connectivity index (χ0) is 40.0. The van der Waals surface area contributed by atoms with Crippen molar-refractivity contribution >= 4 is 50.8 Å². The number of nitrogens with one attached hydrogen (secondary N) is 2. The molecule has 0 atom stereocenters. The average Bonchev–Trinajstić information content (AvgIpc) is 3.95. The normalized spacial score (nSPS) is 11.5. The van der Waals surface area contributed by atoms with Gasteiger partial charge in [-0.3, -0.25) is 4.79 Å². The Kier molecular flexibility index (Phi) is 9.57. The number of H-pyrrole nitrogens is 1. The first-order valence-electron chi connectivity index (χ1n) is 18.3. The summed E-state index contributed by atoms with van der Waals surface area (Å²) in [5.74, 6) is -0.0932. The van der Waals surface area contributed by atoms with Crippen LogP contribution >= 0.6 is 0 Å². The van der Waals surface area contributed by atoms with Crippen LogP contribution in [0, 0.1) is 26.6 Å². The van der Waals surface area contributed by atoms with Crippen molar-refractivity contribution in [3.63, 3.8) is 0 Å². The van der Waals surface area contributed by atoms with E-state index in [2.05, 4.69) is 20.5 Å². The number of halogens is 1. The Morgan fingerprint density at radius 3 is 2.05 bits per heavy atom. The van der Waals surface area contributed by atoms with E-state index in [0.717, 1.165) is 0 Å². The number of benzene rings is 2. The molecule has 0 saturated carbocycles. The lowest BCUT2D eigenvalue weighted by molar-refractivity contribution is 0.0516. The topological polar surface area (TPSA) is 164 Å². The first-order chi connectivity index (χ1) is 27.6. The standard InChI is InChI=1S/C42H37FN6O8/c1-6-53-41(51)29-20-48-38(22(29)3)33(13-16-45-48)56-26-8-9-27-35(19-26)55-24(5)36(27)40(50)44-15-12-25-18-28-31(47-25)10-11-32(37(28)43)57-34-14-17-46-49-21-30(23(4)39(34)49)42(52)54-7-2/h8-11,13-14,16-21,47H,6-7,12,15H2,1-5H3,(H,44,50). The molecule has 0 radical (unpaired) electrons. The summed E-state index contributed by atoms with van der Waals surface area (Å²) in [4.78, 5) is 41.6. The Labute approximate surface area is 324 Å². The van der Waals surface area contributed by atoms with Crippen molar-refractivity contribution < 1.29 is 42.1 Å². The van der Waals surface area contributed by atoms with E-state index >= 15 is 4.39 Å². The number of furan rings is 1. The van der Waals surface area contributed by atoms with E-state index in [9.17, 15) is 14.4 Å². The molecule has 0 fully saturated rings. The van der Waals surface area contributed by atoms with Gasteiger partial charge in [-0.2, -0.15) is 10.2 Å². The maximum absolute atomic E-state index is 15.9. The monoisotopic (exact) mass is 772 g/mol. The molecule has 0 aliphatic heterocycles. The van der Waals surface area contributed by atoms with Crippen LogP contribution in [0.1, 0.15) is 67.5 Å². The van der Waals surface area contributed by atoms with Gasteiger partial charge in [-0.05, 0) is 76.1 Å². The van der Waals surface area contributed by atoms with Crippen molar-refractivity contribution in [1.82, 2.24) is 29.5 Å². The predicted molar refractivity (Wildman–Crippen MR) is 207 cm³/mol. The van der Waals surface area contributed by atoms with Crippen molar-refractivity contribution in [2.75, 3.05) is 19.8 Å². The minimum Gasteiger partial charge on any atom is -0.462 e. The fourth-order valence-corrected chi connectivity index (χ4v) is 7.05. The molecule has 0 aliphatic rings. The van der Waals surface area contributed by atoms with Gasteiger partial charge in [-0.15, -0.1) is 0 Å². The van der Waals surface area contributed by atoms with E-state index in [-0.39, 0.29) is 31.4 Å². The Bertz CT molecular complexity index is 2880. The van der Waals surface area contributed by atoms with Crippen LogP contribution in [0.3, 0.4) is 0 Å². The molecule has 0 saturated heterocycles. The highest BCUT2D eigenvalue weighted by Crippen LogP contribution is 2.36. The van der Waals surface area contributed by atoms with Gasteiger partial charge in [0.05, 0.1) is 42.3 Å². The third-order valence-electron chi connectivity index (χ3n) is 9.72. The van der Waals surface area contributed by atoms with E-state index < -0.39 is 17.8 Å². The van der Waals surface area contributed by atoms with E-state index in [1.165, 1.54) is 16.8 Å². The molecule has 290 valence electrons. The van der Waals surface area contributed by atoms with Crippen molar-refractivity contribution in [3.05, 3.63) is 118 Å². The summed E-state index contributed by atoms with van der Waals surface area (Å²) in [7, 11) is 0. The number of esters is 2. The highest BCUT2D eigenvalue weighted by Gasteiger charge is 2.23. The third kappa shape index (κ3) is 6.66. The Hall–Kier alpha value is -7.16. The Morgan fingerprint density at radius 2 is 1.42 bits per heavy atom. The number of amides is 1. The zero-order valence-corrected chi connectivity index (χ0v) is 31.7. The molecule has 6 aromatic heterocycles. The van der Waals surface area contributed by atoms with E-state index in [4.69, 9.17) is 23.4 Å². The maximum atomic E-state index is 15.9. The third-order valence-corrected chi connectivity index (χ3v) is 9.72. The molecular formula is C42H37FN6O8. The fourth-order valence-electron chi connectivity index (χ4n) is 7.05. The minimum atomic E-state index is -0.564. The van der Waals surface area contributed by atoms with Crippen LogP contribution in [-0.4, -0.2) is 61.8 Å². The number of aromatic nitrogens is 5. The number of ether oxygens (including phenoxy) is 4. The second kappa shape index (κ2) is 14.8. The number of aryl methyl sites for hydroxylation is 3. The highest BCUT2D eigenvalue weighted by molar-refractivity contribution is 6.07. The maximum Gasteiger partial charge on any atom is 0.340 e. The number of nitrogens with zero attached hydrogens (tertiary/aromatic N) is 4. The second-order valence-corrected chi connectivity index (χ2v) is 13.3. The second-order valence-electron chi connectivity index (χ2n) is 13.3. The molecule has 15 heteroatoms. The summed E-state index contributed by atoms with van der Waals surface area (Å²) < 4.78 is 47.6. The number of hydrogen-bond donors (Lipinski definition) is 2. The molecule has 2 N–H and O–H groups in total. The molecule has 6 heterocycles. The Balaban J connectivity index is 0.952. The lowest BCUT2D eigenvalue weighted by Gasteiger charge is -2.09. The smallest absolute Gasteiger partial charge is 0.340 e. The molecule has 8 aromatic rings. The molecular weight excluding hydrogens is 735 g/mol. The van der Waals surface area contributed by atoms with Crippen molar-refractivity contribution in [3.8, 4) is 23.0 Å². The van der Waals surface area contributed by atoms with Crippen LogP contribution in [0.4, 0.5) is 4.39 Å². The van der Waals surface area contributed by atoms with Gasteiger partial charge in [0.2, 0.25) is 0 Å². The van der Waals surface area contributed by atoms with Crippen molar-refractivity contribution in [1.29, 1.82) is 0 Å². The van der Waals surface area contributed by atoms with Crippen LogP contribution in [0.25, 0.3) is 32.9 Å². The Morgan fingerprint density at radius 1 is 0.789 bits per heavy atom. The van der Waals surface area contributed by atoms with Crippen LogP contribution in [0.15, 0.2) is 77.7 Å². The predicted octanol–water partition coefficient (Wildman–Crippen LogP) is 8.18. The summed E-state index contributed by atoms with van der Waals surface area (Å²) in [6.45, 7) is 9.50. The fraction of sp³-hybridized carbons (Fsp3) is 0.214. The van der Waals surface area contributed by atoms with Crippen LogP contribution in [0.5, 0.6) is 23.0 Å². The molecule has 1 amide bonds. The van der Waals surface area contributed by atoms with Gasteiger partial charge >= 0.3 is 11.9 Å². The number of rotatable bonds is 12. The quantitative estimate of drug-likeness (QED) is 0.116. The summed E-state index contributed by atoms with van der Waals surface area (Å²) in [6, 6.07) is 13.5. The van der Waals surface area contributed by atoms with E-state index in [1.807, 2.05) is 0 Å². The number of carbonyl (C=O) groups excluding carboxylic acids is 3. The lowest BCUT2D eigenvalue weighted by atomic mass is 10.1. The van der Waals surface area contributed by atoms with Crippen LogP contribution in [0.2, 0.25) is 0 Å². The van der Waals surface area contributed by atoms with Crippen molar-refractivity contribution in [2.45, 2.75) is 41.0 Å². The van der Waals surface area contributed by atoms with Gasteiger partial charge in [-0.25, -0.2) is 23.0 Å². The highest BCUT2D eigenvalue weighted by atomic mass is 19.1. The number of fused-ring (bicyclic) bond motifs is 4. The summed E-state index contributed by atoms with van der Waals surface area (Å²) in [5, 5.41) is 12.5. The molecule has 2 aromatic carbocycles. The van der Waals surface area contributed by atoms with E-state index in [0.29, 0.717) is 95.8 Å². The van der Waals surface area contributed by atoms with Crippen LogP contribution < -0.4 is 14.8 Å². The number of aromatic amines is 1. The van der Waals surface area contributed by atoms with Gasteiger partial charge in [0, 0.05) is 65.5 Å². The molecule has 14 nitrogen and oxygen atoms in total. The van der Waals surface area contributed by atoms with Gasteiger partial charge in [0.15, 0.2) is 23.1 Å². The first-order valence-corrected chi connectivity index (χ1v) is 18.3. The lowest BCUT2D eigenvalue weighted by Crippen LogP contribution is -2.26. The van der Waals surface area contributed by atoms with Gasteiger partial charge < -0.3 is 33.7 Å². The average molecular weight is 773 g/mol. The van der Waals surface area contributed by atoms with Crippen molar-refractivity contribution in [2.24, 2.45) is 0 Å². The molecule has 8 rings (SSSR count). The number of carbonyl (C=O) groups is 3. The summed E-state index contributed by atoms with van der Waals surface area (Å²) in [6.07, 6.45) is 6.65. The van der Waals surface area contributed by atoms with E-state index in [1.54, 1.807) is 100 Å². The minimum absolute atomic E-state index is 0.000717. The first kappa shape index (κ1) is 36.8. The van der Waals surface area contributed by atoms with Gasteiger partial charge in [-0.1, -0.05) is 0 Å². The van der Waals surface area contributed by atoms with Crippen LogP contribution in [-0.2, 0) is 15.9 Å².